The molecule has 1 aromatic heterocycles. The molecule has 0 amide bonds. The zero-order chi connectivity index (χ0) is 11.8. The SMILES string of the molecule is S=C(Nc1c(Cl)ccc2nsnc12)NC1CC1. The Kier molecular flexibility index (Phi) is 2.85. The second-order valence-electron chi connectivity index (χ2n) is 3.93. The third-order valence-corrected chi connectivity index (χ3v) is 3.61. The highest BCUT2D eigenvalue weighted by molar-refractivity contribution is 7.80. The first-order valence-electron chi connectivity index (χ1n) is 5.22. The molecule has 2 aromatic rings. The molecule has 1 aliphatic rings. The maximum atomic E-state index is 6.14. The molecule has 1 aliphatic carbocycles. The van der Waals surface area contributed by atoms with Crippen LogP contribution in [-0.2, 0) is 0 Å². The van der Waals surface area contributed by atoms with Gasteiger partial charge in [0.1, 0.15) is 11.0 Å². The van der Waals surface area contributed by atoms with E-state index in [1.807, 2.05) is 6.07 Å². The highest BCUT2D eigenvalue weighted by Crippen LogP contribution is 2.30. The Labute approximate surface area is 113 Å². The lowest BCUT2D eigenvalue weighted by atomic mass is 10.2. The Balaban J connectivity index is 1.89. The molecule has 7 heteroatoms. The molecule has 0 saturated heterocycles. The van der Waals surface area contributed by atoms with Gasteiger partial charge in [-0.3, -0.25) is 0 Å². The zero-order valence-corrected chi connectivity index (χ0v) is 11.1. The third kappa shape index (κ3) is 2.34. The molecule has 17 heavy (non-hydrogen) atoms. The molecule has 1 fully saturated rings. The maximum Gasteiger partial charge on any atom is 0.171 e. The van der Waals surface area contributed by atoms with Crippen molar-refractivity contribution in [2.24, 2.45) is 0 Å². The molecule has 88 valence electrons. The summed E-state index contributed by atoms with van der Waals surface area (Å²) in [6.45, 7) is 0. The number of fused-ring (bicyclic) bond motifs is 1. The molecule has 0 aliphatic heterocycles. The van der Waals surface area contributed by atoms with Gasteiger partial charge < -0.3 is 10.6 Å². The molecular formula is C10H9ClN4S2. The quantitative estimate of drug-likeness (QED) is 0.831. The van der Waals surface area contributed by atoms with E-state index >= 15 is 0 Å². The van der Waals surface area contributed by atoms with Crippen LogP contribution in [0.15, 0.2) is 12.1 Å². The standard InChI is InChI=1S/C10H9ClN4S2/c11-6-3-4-7-9(15-17-14-7)8(6)13-10(16)12-5-1-2-5/h3-5H,1-2H2,(H2,12,13,16). The zero-order valence-electron chi connectivity index (χ0n) is 8.74. The van der Waals surface area contributed by atoms with Gasteiger partial charge in [-0.15, -0.1) is 0 Å². The van der Waals surface area contributed by atoms with Gasteiger partial charge in [0, 0.05) is 6.04 Å². The lowest BCUT2D eigenvalue weighted by Gasteiger charge is -2.11. The third-order valence-electron chi connectivity index (χ3n) is 2.53. The number of hydrogen-bond acceptors (Lipinski definition) is 4. The van der Waals surface area contributed by atoms with Crippen molar-refractivity contribution in [1.29, 1.82) is 0 Å². The molecule has 0 radical (unpaired) electrons. The molecule has 1 saturated carbocycles. The van der Waals surface area contributed by atoms with E-state index in [-0.39, 0.29) is 0 Å². The van der Waals surface area contributed by atoms with Gasteiger partial charge in [-0.05, 0) is 37.2 Å². The second kappa shape index (κ2) is 4.36. The minimum atomic E-state index is 0.515. The van der Waals surface area contributed by atoms with Crippen molar-refractivity contribution in [3.8, 4) is 0 Å². The van der Waals surface area contributed by atoms with E-state index in [2.05, 4.69) is 19.4 Å². The number of benzene rings is 1. The molecule has 0 unspecified atom stereocenters. The molecule has 2 N–H and O–H groups in total. The van der Waals surface area contributed by atoms with Crippen molar-refractivity contribution in [3.63, 3.8) is 0 Å². The first-order valence-corrected chi connectivity index (χ1v) is 6.74. The molecule has 0 bridgehead atoms. The second-order valence-corrected chi connectivity index (χ2v) is 5.27. The van der Waals surface area contributed by atoms with E-state index in [0.717, 1.165) is 16.7 Å². The smallest absolute Gasteiger partial charge is 0.171 e. The number of thiocarbonyl (C=S) groups is 1. The van der Waals surface area contributed by atoms with Crippen LogP contribution in [0.1, 0.15) is 12.8 Å². The van der Waals surface area contributed by atoms with Gasteiger partial charge in [-0.1, -0.05) is 11.6 Å². The monoisotopic (exact) mass is 284 g/mol. The summed E-state index contributed by atoms with van der Waals surface area (Å²) in [5.41, 5.74) is 2.33. The van der Waals surface area contributed by atoms with Gasteiger partial charge in [-0.2, -0.15) is 8.75 Å². The Hall–Kier alpha value is -0.980. The number of aromatic nitrogens is 2. The molecule has 1 aromatic carbocycles. The van der Waals surface area contributed by atoms with Gasteiger partial charge in [0.25, 0.3) is 0 Å². The Bertz CT molecular complexity index is 579. The number of hydrogen-bond donors (Lipinski definition) is 2. The molecule has 4 nitrogen and oxygen atoms in total. The minimum absolute atomic E-state index is 0.515. The fraction of sp³-hybridized carbons (Fsp3) is 0.300. The van der Waals surface area contributed by atoms with E-state index in [1.165, 1.54) is 24.6 Å². The van der Waals surface area contributed by atoms with Crippen molar-refractivity contribution < 1.29 is 0 Å². The topological polar surface area (TPSA) is 49.8 Å². The van der Waals surface area contributed by atoms with Crippen LogP contribution >= 0.6 is 35.5 Å². The summed E-state index contributed by atoms with van der Waals surface area (Å²) in [5.74, 6) is 0. The predicted molar refractivity (Wildman–Crippen MR) is 74.8 cm³/mol. The van der Waals surface area contributed by atoms with Crippen molar-refractivity contribution in [1.82, 2.24) is 14.1 Å². The summed E-state index contributed by atoms with van der Waals surface area (Å²) >= 11 is 12.5. The van der Waals surface area contributed by atoms with Crippen LogP contribution in [0.5, 0.6) is 0 Å². The number of nitrogens with one attached hydrogen (secondary N) is 2. The molecular weight excluding hydrogens is 276 g/mol. The normalized spacial score (nSPS) is 14.9. The fourth-order valence-corrected chi connectivity index (χ4v) is 2.52. The summed E-state index contributed by atoms with van der Waals surface area (Å²) < 4.78 is 8.39. The number of anilines is 1. The molecule has 3 rings (SSSR count). The maximum absolute atomic E-state index is 6.14. The van der Waals surface area contributed by atoms with Crippen LogP contribution in [0.25, 0.3) is 11.0 Å². The summed E-state index contributed by atoms with van der Waals surface area (Å²) in [4.78, 5) is 0. The van der Waals surface area contributed by atoms with E-state index in [1.54, 1.807) is 6.07 Å². The van der Waals surface area contributed by atoms with Crippen LogP contribution in [0.3, 0.4) is 0 Å². The average Bonchev–Trinajstić information content (AvgIpc) is 2.96. The van der Waals surface area contributed by atoms with Crippen molar-refractivity contribution in [3.05, 3.63) is 17.2 Å². The van der Waals surface area contributed by atoms with E-state index < -0.39 is 0 Å². The van der Waals surface area contributed by atoms with Crippen LogP contribution in [-0.4, -0.2) is 19.9 Å². The Morgan fingerprint density at radius 3 is 3.00 bits per heavy atom. The molecule has 1 heterocycles. The van der Waals surface area contributed by atoms with Crippen molar-refractivity contribution in [2.45, 2.75) is 18.9 Å². The summed E-state index contributed by atoms with van der Waals surface area (Å²) in [6, 6.07) is 4.17. The number of halogens is 1. The van der Waals surface area contributed by atoms with Gasteiger partial charge in [-0.25, -0.2) is 0 Å². The van der Waals surface area contributed by atoms with Crippen molar-refractivity contribution in [2.75, 3.05) is 5.32 Å². The molecule has 0 atom stereocenters. The average molecular weight is 285 g/mol. The van der Waals surface area contributed by atoms with Crippen LogP contribution in [0.4, 0.5) is 5.69 Å². The van der Waals surface area contributed by atoms with E-state index in [4.69, 9.17) is 23.8 Å². The van der Waals surface area contributed by atoms with Gasteiger partial charge in [0.2, 0.25) is 0 Å². The summed E-state index contributed by atoms with van der Waals surface area (Å²) in [7, 11) is 0. The first kappa shape index (κ1) is 11.1. The van der Waals surface area contributed by atoms with E-state index in [9.17, 15) is 0 Å². The fourth-order valence-electron chi connectivity index (χ4n) is 1.51. The van der Waals surface area contributed by atoms with Gasteiger partial charge >= 0.3 is 0 Å². The minimum Gasteiger partial charge on any atom is -0.360 e. The summed E-state index contributed by atoms with van der Waals surface area (Å²) in [5, 5.41) is 7.50. The predicted octanol–water partition coefficient (Wildman–Crippen LogP) is 2.79. The number of nitrogens with zero attached hydrogens (tertiary/aromatic N) is 2. The van der Waals surface area contributed by atoms with Crippen LogP contribution < -0.4 is 10.6 Å². The van der Waals surface area contributed by atoms with Crippen LogP contribution in [0, 0.1) is 0 Å². The Morgan fingerprint density at radius 2 is 2.24 bits per heavy atom. The highest BCUT2D eigenvalue weighted by Gasteiger charge is 2.22. The lowest BCUT2D eigenvalue weighted by Crippen LogP contribution is -2.30. The highest BCUT2D eigenvalue weighted by atomic mass is 35.5. The summed E-state index contributed by atoms with van der Waals surface area (Å²) in [6.07, 6.45) is 2.36. The number of rotatable bonds is 2. The van der Waals surface area contributed by atoms with Crippen molar-refractivity contribution >= 4 is 57.4 Å². The lowest BCUT2D eigenvalue weighted by molar-refractivity contribution is 0.919. The largest absolute Gasteiger partial charge is 0.360 e. The first-order chi connectivity index (χ1) is 8.24. The van der Waals surface area contributed by atoms with Gasteiger partial charge in [0.05, 0.1) is 22.4 Å². The Morgan fingerprint density at radius 1 is 1.41 bits per heavy atom. The van der Waals surface area contributed by atoms with Crippen LogP contribution in [0.2, 0.25) is 5.02 Å². The van der Waals surface area contributed by atoms with E-state index in [0.29, 0.717) is 16.2 Å². The van der Waals surface area contributed by atoms with Gasteiger partial charge in [0.15, 0.2) is 5.11 Å². The molecule has 0 spiro atoms.